The zero-order chi connectivity index (χ0) is 18.9. The standard InChI is InChI=1S/C17H18ClNO5S/c1-8(2)7-11(20)13-15(21)12-9(17(22)24-3)5-6-10(18)14(12)19-16(13)25(4)23/h5-6,8H,7H2,1-4H3,(H,19,21). The van der Waals surface area contributed by atoms with Gasteiger partial charge in [-0.1, -0.05) is 25.4 Å². The molecule has 1 unspecified atom stereocenters. The molecule has 0 saturated heterocycles. The maximum absolute atomic E-state index is 13.0. The van der Waals surface area contributed by atoms with Crippen LogP contribution in [0.15, 0.2) is 22.0 Å². The lowest BCUT2D eigenvalue weighted by atomic mass is 9.99. The van der Waals surface area contributed by atoms with Gasteiger partial charge in [-0.05, 0) is 18.1 Å². The van der Waals surface area contributed by atoms with E-state index < -0.39 is 28.4 Å². The van der Waals surface area contributed by atoms with Gasteiger partial charge in [0.15, 0.2) is 5.78 Å². The maximum Gasteiger partial charge on any atom is 0.338 e. The molecule has 8 heteroatoms. The number of aromatic nitrogens is 1. The molecule has 0 spiro atoms. The number of halogens is 1. The molecule has 6 nitrogen and oxygen atoms in total. The van der Waals surface area contributed by atoms with Gasteiger partial charge in [-0.25, -0.2) is 4.79 Å². The molecule has 0 aliphatic heterocycles. The SMILES string of the molecule is COC(=O)c1ccc(Cl)c2[nH]c([S+](C)[O-])c(C(=O)CC(C)C)c(=O)c12. The highest BCUT2D eigenvalue weighted by molar-refractivity contribution is 7.90. The number of Topliss-reactive ketones (excluding diaryl/α,β-unsaturated/α-hetero) is 1. The molecule has 0 amide bonds. The summed E-state index contributed by atoms with van der Waals surface area (Å²) >= 11 is 4.51. The number of ether oxygens (including phenoxy) is 1. The predicted molar refractivity (Wildman–Crippen MR) is 97.0 cm³/mol. The number of rotatable bonds is 5. The van der Waals surface area contributed by atoms with Crippen molar-refractivity contribution in [3.8, 4) is 0 Å². The molecule has 1 aromatic carbocycles. The monoisotopic (exact) mass is 383 g/mol. The molecule has 2 rings (SSSR count). The van der Waals surface area contributed by atoms with E-state index in [1.54, 1.807) is 0 Å². The van der Waals surface area contributed by atoms with Gasteiger partial charge in [0.05, 0.1) is 28.6 Å². The minimum absolute atomic E-state index is 0.00446. The van der Waals surface area contributed by atoms with Crippen LogP contribution in [0.1, 0.15) is 41.0 Å². The fourth-order valence-corrected chi connectivity index (χ4v) is 3.51. The summed E-state index contributed by atoms with van der Waals surface area (Å²) in [5.41, 5.74) is -0.724. The Kier molecular flexibility index (Phi) is 5.92. The van der Waals surface area contributed by atoms with Crippen molar-refractivity contribution >= 4 is 45.4 Å². The minimum Gasteiger partial charge on any atom is -0.610 e. The first-order chi connectivity index (χ1) is 11.7. The summed E-state index contributed by atoms with van der Waals surface area (Å²) in [6.45, 7) is 3.68. The smallest absolute Gasteiger partial charge is 0.338 e. The zero-order valence-corrected chi connectivity index (χ0v) is 15.8. The van der Waals surface area contributed by atoms with Crippen LogP contribution in [0.25, 0.3) is 10.9 Å². The topological polar surface area (TPSA) is 99.3 Å². The lowest BCUT2D eigenvalue weighted by molar-refractivity contribution is 0.0602. The van der Waals surface area contributed by atoms with E-state index in [0.29, 0.717) is 0 Å². The van der Waals surface area contributed by atoms with Crippen molar-refractivity contribution < 1.29 is 18.9 Å². The van der Waals surface area contributed by atoms with Crippen LogP contribution in [0, 0.1) is 5.92 Å². The lowest BCUT2D eigenvalue weighted by Gasteiger charge is -2.14. The van der Waals surface area contributed by atoms with E-state index in [9.17, 15) is 18.9 Å². The van der Waals surface area contributed by atoms with Crippen molar-refractivity contribution in [1.29, 1.82) is 0 Å². The van der Waals surface area contributed by atoms with E-state index >= 15 is 0 Å². The predicted octanol–water partition coefficient (Wildman–Crippen LogP) is 2.93. The number of aromatic amines is 1. The summed E-state index contributed by atoms with van der Waals surface area (Å²) in [7, 11) is 1.19. The van der Waals surface area contributed by atoms with E-state index in [-0.39, 0.29) is 44.4 Å². The highest BCUT2D eigenvalue weighted by Gasteiger charge is 2.28. The summed E-state index contributed by atoms with van der Waals surface area (Å²) < 4.78 is 16.8. The second-order valence-corrected chi connectivity index (χ2v) is 7.69. The molecular weight excluding hydrogens is 366 g/mol. The summed E-state index contributed by atoms with van der Waals surface area (Å²) in [6, 6.07) is 2.80. The highest BCUT2D eigenvalue weighted by atomic mass is 35.5. The van der Waals surface area contributed by atoms with E-state index in [1.165, 1.54) is 25.5 Å². The van der Waals surface area contributed by atoms with Gasteiger partial charge >= 0.3 is 5.97 Å². The number of fused-ring (bicyclic) bond motifs is 1. The number of hydrogen-bond acceptors (Lipinski definition) is 5. The number of carbonyl (C=O) groups excluding carboxylic acids is 2. The molecule has 1 aromatic heterocycles. The lowest BCUT2D eigenvalue weighted by Crippen LogP contribution is -2.24. The molecule has 1 heterocycles. The fraction of sp³-hybridized carbons (Fsp3) is 0.353. The van der Waals surface area contributed by atoms with Gasteiger partial charge in [-0.15, -0.1) is 0 Å². The Morgan fingerprint density at radius 3 is 2.52 bits per heavy atom. The fourth-order valence-electron chi connectivity index (χ4n) is 2.56. The third-order valence-corrected chi connectivity index (χ3v) is 4.84. The van der Waals surface area contributed by atoms with Crippen LogP contribution in [0.2, 0.25) is 5.02 Å². The number of hydrogen-bond donors (Lipinski definition) is 1. The quantitative estimate of drug-likeness (QED) is 0.486. The van der Waals surface area contributed by atoms with Crippen LogP contribution in [-0.4, -0.2) is 34.7 Å². The first-order valence-corrected chi connectivity index (χ1v) is 9.46. The molecule has 134 valence electrons. The van der Waals surface area contributed by atoms with Gasteiger partial charge in [0.25, 0.3) is 0 Å². The van der Waals surface area contributed by atoms with Crippen molar-refractivity contribution in [2.24, 2.45) is 5.92 Å². The molecule has 0 radical (unpaired) electrons. The summed E-state index contributed by atoms with van der Waals surface area (Å²) in [6.07, 6.45) is 1.48. The second-order valence-electron chi connectivity index (χ2n) is 5.97. The van der Waals surface area contributed by atoms with Crippen LogP contribution >= 0.6 is 11.6 Å². The Balaban J connectivity index is 2.94. The number of H-pyrrole nitrogens is 1. The molecule has 25 heavy (non-hydrogen) atoms. The Morgan fingerprint density at radius 1 is 1.36 bits per heavy atom. The van der Waals surface area contributed by atoms with Crippen molar-refractivity contribution in [1.82, 2.24) is 4.98 Å². The Bertz CT molecular complexity index is 904. The van der Waals surface area contributed by atoms with Gasteiger partial charge in [-0.3, -0.25) is 9.59 Å². The third kappa shape index (κ3) is 3.73. The van der Waals surface area contributed by atoms with Gasteiger partial charge in [0, 0.05) is 17.6 Å². The van der Waals surface area contributed by atoms with Crippen LogP contribution in [0.4, 0.5) is 0 Å². The van der Waals surface area contributed by atoms with Crippen LogP contribution in [0.5, 0.6) is 0 Å². The molecule has 1 N–H and O–H groups in total. The number of methoxy groups -OCH3 is 1. The first kappa shape index (κ1) is 19.5. The van der Waals surface area contributed by atoms with E-state index in [2.05, 4.69) is 4.98 Å². The highest BCUT2D eigenvalue weighted by Crippen LogP contribution is 2.27. The zero-order valence-electron chi connectivity index (χ0n) is 14.3. The molecular formula is C17H18ClNO5S. The first-order valence-electron chi connectivity index (χ1n) is 7.52. The average Bonchev–Trinajstić information content (AvgIpc) is 2.53. The molecule has 0 saturated carbocycles. The van der Waals surface area contributed by atoms with Crippen LogP contribution < -0.4 is 5.43 Å². The van der Waals surface area contributed by atoms with E-state index in [4.69, 9.17) is 16.3 Å². The average molecular weight is 384 g/mol. The van der Waals surface area contributed by atoms with Crippen LogP contribution in [-0.2, 0) is 15.9 Å². The summed E-state index contributed by atoms with van der Waals surface area (Å²) in [4.78, 5) is 40.4. The van der Waals surface area contributed by atoms with Gasteiger partial charge in [-0.2, -0.15) is 0 Å². The number of ketones is 1. The third-order valence-electron chi connectivity index (χ3n) is 3.64. The Hall–Kier alpha value is -1.83. The number of carbonyl (C=O) groups is 2. The number of esters is 1. The normalized spacial score (nSPS) is 12.4. The molecule has 2 aromatic rings. The second kappa shape index (κ2) is 7.59. The van der Waals surface area contributed by atoms with Gasteiger partial charge in [0.1, 0.15) is 11.8 Å². The number of benzene rings is 1. The van der Waals surface area contributed by atoms with Gasteiger partial charge < -0.3 is 14.3 Å². The van der Waals surface area contributed by atoms with E-state index in [1.807, 2.05) is 13.8 Å². The Morgan fingerprint density at radius 2 is 2.00 bits per heavy atom. The van der Waals surface area contributed by atoms with Crippen molar-refractivity contribution in [3.05, 3.63) is 38.5 Å². The largest absolute Gasteiger partial charge is 0.610 e. The van der Waals surface area contributed by atoms with Gasteiger partial charge in [0.2, 0.25) is 10.5 Å². The van der Waals surface area contributed by atoms with E-state index in [0.717, 1.165) is 0 Å². The summed E-state index contributed by atoms with van der Waals surface area (Å²) in [5, 5.41) is 0.141. The number of pyridine rings is 1. The molecule has 0 aliphatic rings. The maximum atomic E-state index is 13.0. The molecule has 0 aliphatic carbocycles. The number of nitrogens with one attached hydrogen (secondary N) is 1. The minimum atomic E-state index is -1.62. The van der Waals surface area contributed by atoms with Crippen molar-refractivity contribution in [3.63, 3.8) is 0 Å². The van der Waals surface area contributed by atoms with Crippen molar-refractivity contribution in [2.45, 2.75) is 25.3 Å². The van der Waals surface area contributed by atoms with Crippen LogP contribution in [0.3, 0.4) is 0 Å². The van der Waals surface area contributed by atoms with Crippen molar-refractivity contribution in [2.75, 3.05) is 13.4 Å². The molecule has 0 bridgehead atoms. The summed E-state index contributed by atoms with van der Waals surface area (Å²) in [5.74, 6) is -1.14. The molecule has 0 fully saturated rings. The molecule has 1 atom stereocenters. The Labute approximate surface area is 152 Å².